The molecule has 0 fully saturated rings. The van der Waals surface area contributed by atoms with Crippen LogP contribution in [0.5, 0.6) is 0 Å². The van der Waals surface area contributed by atoms with Crippen LogP contribution in [0.4, 0.5) is 0 Å². The molecule has 0 saturated carbocycles. The van der Waals surface area contributed by atoms with E-state index in [9.17, 15) is 4.79 Å². The minimum absolute atomic E-state index is 0.557. The zero-order valence-electron chi connectivity index (χ0n) is 4.95. The fourth-order valence-electron chi connectivity index (χ4n) is 0.562. The first-order valence-corrected chi connectivity index (χ1v) is 4.46. The summed E-state index contributed by atoms with van der Waals surface area (Å²) in [6, 6.07) is 1.79. The Hall–Kier alpha value is -0.350. The van der Waals surface area contributed by atoms with Gasteiger partial charge in [0, 0.05) is 0 Å². The summed E-state index contributed by atoms with van der Waals surface area (Å²) in [7, 11) is 0. The molecule has 10 heavy (non-hydrogen) atoms. The Morgan fingerprint density at radius 3 is 2.90 bits per heavy atom. The van der Waals surface area contributed by atoms with Crippen molar-refractivity contribution in [1.82, 2.24) is 0 Å². The van der Waals surface area contributed by atoms with Gasteiger partial charge in [0.1, 0.15) is 4.83 Å². The van der Waals surface area contributed by atoms with Gasteiger partial charge >= 0.3 is 5.97 Å². The Kier molecular flexibility index (Phi) is 2.45. The number of alkyl halides is 1. The third kappa shape index (κ3) is 1.58. The summed E-state index contributed by atoms with van der Waals surface area (Å²) in [5, 5.41) is 12.2. The predicted molar refractivity (Wildman–Crippen MR) is 43.6 cm³/mol. The SMILES string of the molecule is O=C(O)C(Br)c1ccsc1. The van der Waals surface area contributed by atoms with Crippen molar-refractivity contribution in [2.24, 2.45) is 0 Å². The normalized spacial score (nSPS) is 12.9. The summed E-state index contributed by atoms with van der Waals surface area (Å²) in [6.07, 6.45) is 0. The first-order valence-electron chi connectivity index (χ1n) is 2.61. The van der Waals surface area contributed by atoms with E-state index in [4.69, 9.17) is 5.11 Å². The minimum Gasteiger partial charge on any atom is -0.480 e. The van der Waals surface area contributed by atoms with E-state index in [1.165, 1.54) is 11.3 Å². The molecule has 1 aromatic rings. The van der Waals surface area contributed by atoms with Gasteiger partial charge in [0.2, 0.25) is 0 Å². The van der Waals surface area contributed by atoms with Crippen molar-refractivity contribution < 1.29 is 9.90 Å². The van der Waals surface area contributed by atoms with Crippen LogP contribution >= 0.6 is 27.3 Å². The smallest absolute Gasteiger partial charge is 0.321 e. The summed E-state index contributed by atoms with van der Waals surface area (Å²) in [5.41, 5.74) is 0.803. The number of aliphatic carboxylic acids is 1. The number of hydrogen-bond donors (Lipinski definition) is 1. The molecule has 0 radical (unpaired) electrons. The van der Waals surface area contributed by atoms with Crippen molar-refractivity contribution in [2.75, 3.05) is 0 Å². The predicted octanol–water partition coefficient (Wildman–Crippen LogP) is 2.27. The van der Waals surface area contributed by atoms with Crippen LogP contribution in [0.2, 0.25) is 0 Å². The monoisotopic (exact) mass is 220 g/mol. The molecule has 0 aliphatic heterocycles. The number of carbonyl (C=O) groups is 1. The Labute approximate surface area is 70.6 Å². The molecule has 0 aliphatic carbocycles. The maximum Gasteiger partial charge on any atom is 0.321 e. The number of hydrogen-bond acceptors (Lipinski definition) is 2. The highest BCUT2D eigenvalue weighted by Crippen LogP contribution is 2.24. The first kappa shape index (κ1) is 7.75. The van der Waals surface area contributed by atoms with Gasteiger partial charge in [0.25, 0.3) is 0 Å². The van der Waals surface area contributed by atoms with E-state index in [1.807, 2.05) is 10.8 Å². The average Bonchev–Trinajstić information content (AvgIpc) is 2.36. The Balaban J connectivity index is 2.77. The molecule has 1 unspecified atom stereocenters. The second-order valence-electron chi connectivity index (χ2n) is 1.76. The van der Waals surface area contributed by atoms with Crippen molar-refractivity contribution in [3.05, 3.63) is 22.4 Å². The van der Waals surface area contributed by atoms with Crippen molar-refractivity contribution in [1.29, 1.82) is 0 Å². The third-order valence-corrected chi connectivity index (χ3v) is 2.67. The fraction of sp³-hybridized carbons (Fsp3) is 0.167. The first-order chi connectivity index (χ1) is 4.72. The Morgan fingerprint density at radius 1 is 1.80 bits per heavy atom. The molecule has 1 rings (SSSR count). The summed E-state index contributed by atoms with van der Waals surface area (Å²) >= 11 is 4.53. The van der Waals surface area contributed by atoms with Gasteiger partial charge in [-0.05, 0) is 22.4 Å². The highest BCUT2D eigenvalue weighted by molar-refractivity contribution is 9.09. The van der Waals surface area contributed by atoms with E-state index in [1.54, 1.807) is 6.07 Å². The average molecular weight is 221 g/mol. The van der Waals surface area contributed by atoms with Crippen LogP contribution in [-0.4, -0.2) is 11.1 Å². The standard InChI is InChI=1S/C6H5BrO2S/c7-5(6(8)9)4-1-2-10-3-4/h1-3,5H,(H,8,9). The molecule has 4 heteroatoms. The van der Waals surface area contributed by atoms with E-state index in [-0.39, 0.29) is 0 Å². The van der Waals surface area contributed by atoms with Crippen molar-refractivity contribution in [2.45, 2.75) is 4.83 Å². The molecule has 0 amide bonds. The largest absolute Gasteiger partial charge is 0.480 e. The molecule has 0 bridgehead atoms. The van der Waals surface area contributed by atoms with Crippen LogP contribution in [-0.2, 0) is 4.79 Å². The number of rotatable bonds is 2. The molecule has 54 valence electrons. The van der Waals surface area contributed by atoms with Gasteiger partial charge < -0.3 is 5.11 Å². The lowest BCUT2D eigenvalue weighted by molar-refractivity contribution is -0.136. The van der Waals surface area contributed by atoms with Crippen LogP contribution < -0.4 is 0 Å². The molecule has 0 aliphatic rings. The Morgan fingerprint density at radius 2 is 2.50 bits per heavy atom. The van der Waals surface area contributed by atoms with Crippen LogP contribution in [0, 0.1) is 0 Å². The van der Waals surface area contributed by atoms with Gasteiger partial charge in [-0.25, -0.2) is 0 Å². The molecule has 0 aromatic carbocycles. The molecular weight excluding hydrogens is 216 g/mol. The molecule has 1 N–H and O–H groups in total. The van der Waals surface area contributed by atoms with E-state index < -0.39 is 10.8 Å². The zero-order valence-corrected chi connectivity index (χ0v) is 7.35. The lowest BCUT2D eigenvalue weighted by Crippen LogP contribution is -2.02. The minimum atomic E-state index is -0.849. The van der Waals surface area contributed by atoms with Crippen LogP contribution in [0.1, 0.15) is 10.4 Å². The number of carboxylic acid groups (broad SMARTS) is 1. The maximum absolute atomic E-state index is 10.4. The van der Waals surface area contributed by atoms with E-state index >= 15 is 0 Å². The van der Waals surface area contributed by atoms with E-state index in [0.717, 1.165) is 5.56 Å². The van der Waals surface area contributed by atoms with Crippen molar-refractivity contribution in [3.63, 3.8) is 0 Å². The van der Waals surface area contributed by atoms with E-state index in [0.29, 0.717) is 0 Å². The van der Waals surface area contributed by atoms with Crippen molar-refractivity contribution >= 4 is 33.2 Å². The Bertz CT molecular complexity index is 220. The number of carboxylic acids is 1. The second kappa shape index (κ2) is 3.16. The van der Waals surface area contributed by atoms with Gasteiger partial charge in [-0.2, -0.15) is 11.3 Å². The lowest BCUT2D eigenvalue weighted by Gasteiger charge is -1.98. The summed E-state index contributed by atoms with van der Waals surface area (Å²) in [5.74, 6) is -0.849. The molecule has 1 atom stereocenters. The lowest BCUT2D eigenvalue weighted by atomic mass is 10.2. The summed E-state index contributed by atoms with van der Waals surface area (Å²) in [6.45, 7) is 0. The molecule has 1 heterocycles. The summed E-state index contributed by atoms with van der Waals surface area (Å²) < 4.78 is 0. The molecular formula is C6H5BrO2S. The van der Waals surface area contributed by atoms with Gasteiger partial charge in [-0.3, -0.25) is 4.79 Å². The quantitative estimate of drug-likeness (QED) is 0.777. The maximum atomic E-state index is 10.4. The topological polar surface area (TPSA) is 37.3 Å². The van der Waals surface area contributed by atoms with Gasteiger partial charge in [0.05, 0.1) is 0 Å². The summed E-state index contributed by atoms with van der Waals surface area (Å²) in [4.78, 5) is 9.80. The molecule has 0 spiro atoms. The van der Waals surface area contributed by atoms with Crippen LogP contribution in [0.15, 0.2) is 16.8 Å². The zero-order chi connectivity index (χ0) is 7.56. The van der Waals surface area contributed by atoms with Crippen molar-refractivity contribution in [3.8, 4) is 0 Å². The molecule has 1 aromatic heterocycles. The third-order valence-electron chi connectivity index (χ3n) is 1.05. The van der Waals surface area contributed by atoms with Crippen LogP contribution in [0.3, 0.4) is 0 Å². The fourth-order valence-corrected chi connectivity index (χ4v) is 1.71. The van der Waals surface area contributed by atoms with E-state index in [2.05, 4.69) is 15.9 Å². The second-order valence-corrected chi connectivity index (χ2v) is 3.45. The molecule has 0 saturated heterocycles. The highest BCUT2D eigenvalue weighted by atomic mass is 79.9. The van der Waals surface area contributed by atoms with Gasteiger partial charge in [-0.15, -0.1) is 0 Å². The van der Waals surface area contributed by atoms with Gasteiger partial charge in [0.15, 0.2) is 0 Å². The molecule has 2 nitrogen and oxygen atoms in total. The van der Waals surface area contributed by atoms with Crippen LogP contribution in [0.25, 0.3) is 0 Å². The highest BCUT2D eigenvalue weighted by Gasteiger charge is 2.14. The van der Waals surface area contributed by atoms with Gasteiger partial charge in [-0.1, -0.05) is 15.9 Å². The number of thiophene rings is 1. The number of halogens is 1.